The van der Waals surface area contributed by atoms with E-state index in [4.69, 9.17) is 4.42 Å². The molecule has 11 rings (SSSR count). The summed E-state index contributed by atoms with van der Waals surface area (Å²) in [5.41, 5.74) is 12.4. The highest BCUT2D eigenvalue weighted by Crippen LogP contribution is 2.42. The zero-order valence-corrected chi connectivity index (χ0v) is 31.3. The van der Waals surface area contributed by atoms with Gasteiger partial charge in [0.2, 0.25) is 0 Å². The minimum Gasteiger partial charge on any atom is -0.455 e. The van der Waals surface area contributed by atoms with Crippen molar-refractivity contribution in [1.29, 1.82) is 0 Å². The van der Waals surface area contributed by atoms with Gasteiger partial charge in [0.15, 0.2) is 0 Å². The third-order valence-electron chi connectivity index (χ3n) is 11.2. The predicted molar refractivity (Wildman–Crippen MR) is 239 cm³/mol. The average molecular weight is 734 g/mol. The number of nitrogens with zero attached hydrogens (tertiary/aromatic N) is 1. The number of para-hydroxylation sites is 2. The zero-order valence-electron chi connectivity index (χ0n) is 30.5. The van der Waals surface area contributed by atoms with Crippen molar-refractivity contribution < 1.29 is 4.42 Å². The number of anilines is 2. The molecule has 56 heavy (non-hydrogen) atoms. The predicted octanol–water partition coefficient (Wildman–Crippen LogP) is 15.4. The number of furan rings is 1. The van der Waals surface area contributed by atoms with Crippen molar-refractivity contribution in [2.45, 2.75) is 6.54 Å². The lowest BCUT2D eigenvalue weighted by Gasteiger charge is -2.27. The highest BCUT2D eigenvalue weighted by atomic mass is 32.1. The Labute approximate surface area is 329 Å². The van der Waals surface area contributed by atoms with E-state index in [9.17, 15) is 0 Å². The molecule has 0 bridgehead atoms. The smallest absolute Gasteiger partial charge is 0.143 e. The standard InChI is InChI=1S/C53H35NOS/c1-2-13-37-32-38(27-26-35(37)12-1)36-28-30-41(31-29-36)54(42-16-9-15-39(33-42)44-20-11-25-51-52(44)48-19-6-8-24-50(48)56-51)34-40-14-3-4-17-43(40)46-21-10-22-47-45-18-5-7-23-49(45)55-53(46)47/h1-33H,34H2. The van der Waals surface area contributed by atoms with Crippen molar-refractivity contribution in [3.8, 4) is 33.4 Å². The SMILES string of the molecule is c1cc(-c2cccc3sc4ccccc4c23)cc(N(Cc2ccccc2-c2cccc3c2oc2ccccc23)c2ccc(-c3ccc4ccccc4c3)cc2)c1. The van der Waals surface area contributed by atoms with E-state index in [0.717, 1.165) is 38.9 Å². The molecule has 0 N–H and O–H groups in total. The van der Waals surface area contributed by atoms with Crippen LogP contribution in [-0.4, -0.2) is 0 Å². The number of hydrogen-bond donors (Lipinski definition) is 0. The first kappa shape index (κ1) is 32.5. The summed E-state index contributed by atoms with van der Waals surface area (Å²) in [6.07, 6.45) is 0. The van der Waals surface area contributed by atoms with Gasteiger partial charge in [-0.05, 0) is 92.7 Å². The molecule has 0 saturated carbocycles. The minimum absolute atomic E-state index is 0.664. The first-order valence-corrected chi connectivity index (χ1v) is 19.9. The van der Waals surface area contributed by atoms with Crippen LogP contribution in [0.25, 0.3) is 86.3 Å². The van der Waals surface area contributed by atoms with Crippen LogP contribution in [-0.2, 0) is 6.54 Å². The average Bonchev–Trinajstić information content (AvgIpc) is 3.85. The molecule has 0 aliphatic rings. The maximum Gasteiger partial charge on any atom is 0.143 e. The fourth-order valence-electron chi connectivity index (χ4n) is 8.44. The summed E-state index contributed by atoms with van der Waals surface area (Å²) in [5.74, 6) is 0. The molecular weight excluding hydrogens is 699 g/mol. The van der Waals surface area contributed by atoms with Crippen molar-refractivity contribution >= 4 is 75.6 Å². The van der Waals surface area contributed by atoms with E-state index < -0.39 is 0 Å². The third-order valence-corrected chi connectivity index (χ3v) is 12.3. The van der Waals surface area contributed by atoms with Gasteiger partial charge in [-0.3, -0.25) is 0 Å². The minimum atomic E-state index is 0.664. The van der Waals surface area contributed by atoms with Crippen LogP contribution in [0.1, 0.15) is 5.56 Å². The van der Waals surface area contributed by atoms with Gasteiger partial charge in [0.05, 0.1) is 0 Å². The Kier molecular flexibility index (Phi) is 7.78. The Morgan fingerprint density at radius 2 is 1.09 bits per heavy atom. The van der Waals surface area contributed by atoms with Crippen molar-refractivity contribution in [3.05, 3.63) is 206 Å². The molecule has 264 valence electrons. The first-order chi connectivity index (χ1) is 27.7. The lowest BCUT2D eigenvalue weighted by molar-refractivity contribution is 0.670. The van der Waals surface area contributed by atoms with E-state index in [1.54, 1.807) is 0 Å². The van der Waals surface area contributed by atoms with E-state index >= 15 is 0 Å². The van der Waals surface area contributed by atoms with Crippen LogP contribution in [0.5, 0.6) is 0 Å². The summed E-state index contributed by atoms with van der Waals surface area (Å²) >= 11 is 1.86. The van der Waals surface area contributed by atoms with Crippen LogP contribution in [0, 0.1) is 0 Å². The monoisotopic (exact) mass is 733 g/mol. The van der Waals surface area contributed by atoms with Crippen molar-refractivity contribution in [2.75, 3.05) is 4.90 Å². The Morgan fingerprint density at radius 3 is 2.02 bits per heavy atom. The zero-order chi connectivity index (χ0) is 37.0. The number of hydrogen-bond acceptors (Lipinski definition) is 3. The van der Waals surface area contributed by atoms with E-state index in [-0.39, 0.29) is 0 Å². The maximum atomic E-state index is 6.56. The van der Waals surface area contributed by atoms with Gasteiger partial charge in [0.1, 0.15) is 11.2 Å². The second-order valence-corrected chi connectivity index (χ2v) is 15.5. The van der Waals surface area contributed by atoms with Crippen molar-refractivity contribution in [2.24, 2.45) is 0 Å². The molecule has 0 unspecified atom stereocenters. The van der Waals surface area contributed by atoms with E-state index in [1.165, 1.54) is 64.3 Å². The second-order valence-electron chi connectivity index (χ2n) is 14.5. The van der Waals surface area contributed by atoms with Crippen LogP contribution in [0.15, 0.2) is 205 Å². The van der Waals surface area contributed by atoms with Gasteiger partial charge in [0.25, 0.3) is 0 Å². The molecule has 11 aromatic rings. The summed E-state index contributed by atoms with van der Waals surface area (Å²) in [5, 5.41) is 7.40. The van der Waals surface area contributed by atoms with Gasteiger partial charge in [-0.25, -0.2) is 0 Å². The van der Waals surface area contributed by atoms with Gasteiger partial charge in [0, 0.05) is 54.4 Å². The lowest BCUT2D eigenvalue weighted by Crippen LogP contribution is -2.17. The van der Waals surface area contributed by atoms with Crippen LogP contribution in [0.2, 0.25) is 0 Å². The van der Waals surface area contributed by atoms with E-state index in [1.807, 2.05) is 17.4 Å². The van der Waals surface area contributed by atoms with Crippen molar-refractivity contribution in [3.63, 3.8) is 0 Å². The molecule has 2 heterocycles. The Balaban J connectivity index is 1.05. The third kappa shape index (κ3) is 5.56. The molecule has 0 saturated heterocycles. The number of benzene rings is 9. The topological polar surface area (TPSA) is 16.4 Å². The summed E-state index contributed by atoms with van der Waals surface area (Å²) in [6.45, 7) is 0.664. The fourth-order valence-corrected chi connectivity index (χ4v) is 9.57. The normalized spacial score (nSPS) is 11.6. The van der Waals surface area contributed by atoms with Crippen LogP contribution in [0.3, 0.4) is 0 Å². The molecular formula is C53H35NOS. The lowest BCUT2D eigenvalue weighted by atomic mass is 9.96. The maximum absolute atomic E-state index is 6.56. The van der Waals surface area contributed by atoms with Gasteiger partial charge in [-0.1, -0.05) is 152 Å². The fraction of sp³-hybridized carbons (Fsp3) is 0.0189. The second kappa shape index (κ2) is 13.4. The van der Waals surface area contributed by atoms with Gasteiger partial charge in [-0.2, -0.15) is 0 Å². The number of fused-ring (bicyclic) bond motifs is 7. The van der Waals surface area contributed by atoms with E-state index in [0.29, 0.717) is 6.54 Å². The van der Waals surface area contributed by atoms with Crippen LogP contribution in [0.4, 0.5) is 11.4 Å². The molecule has 0 atom stereocenters. The molecule has 9 aromatic carbocycles. The number of rotatable bonds is 7. The van der Waals surface area contributed by atoms with Crippen LogP contribution < -0.4 is 4.90 Å². The van der Waals surface area contributed by atoms with Gasteiger partial charge >= 0.3 is 0 Å². The number of thiophene rings is 1. The molecule has 0 aliphatic heterocycles. The molecule has 3 heteroatoms. The Bertz CT molecular complexity index is 3240. The first-order valence-electron chi connectivity index (χ1n) is 19.1. The summed E-state index contributed by atoms with van der Waals surface area (Å²) in [6, 6.07) is 72.5. The highest BCUT2D eigenvalue weighted by Gasteiger charge is 2.19. The molecule has 0 spiro atoms. The highest BCUT2D eigenvalue weighted by molar-refractivity contribution is 7.25. The summed E-state index contributed by atoms with van der Waals surface area (Å²) in [7, 11) is 0. The van der Waals surface area contributed by atoms with Crippen molar-refractivity contribution in [1.82, 2.24) is 0 Å². The largest absolute Gasteiger partial charge is 0.455 e. The Hall–Kier alpha value is -6.94. The van der Waals surface area contributed by atoms with Crippen LogP contribution >= 0.6 is 11.3 Å². The van der Waals surface area contributed by atoms with Gasteiger partial charge in [-0.15, -0.1) is 11.3 Å². The molecule has 0 radical (unpaired) electrons. The molecule has 2 aromatic heterocycles. The summed E-state index contributed by atoms with van der Waals surface area (Å²) in [4.78, 5) is 2.46. The quantitative estimate of drug-likeness (QED) is 0.162. The van der Waals surface area contributed by atoms with E-state index in [2.05, 4.69) is 199 Å². The molecule has 2 nitrogen and oxygen atoms in total. The summed E-state index contributed by atoms with van der Waals surface area (Å²) < 4.78 is 9.18. The molecule has 0 fully saturated rings. The van der Waals surface area contributed by atoms with Gasteiger partial charge < -0.3 is 9.32 Å². The Morgan fingerprint density at radius 1 is 0.411 bits per heavy atom. The molecule has 0 amide bonds. The molecule has 0 aliphatic carbocycles.